The number of aromatic nitrogens is 2. The van der Waals surface area contributed by atoms with Crippen molar-refractivity contribution in [1.29, 1.82) is 5.26 Å². The quantitative estimate of drug-likeness (QED) is 0.643. The van der Waals surface area contributed by atoms with Crippen LogP contribution in [0, 0.1) is 17.2 Å². The molecule has 0 N–H and O–H groups in total. The number of hydrogen-bond acceptors (Lipinski definition) is 5. The lowest BCUT2D eigenvalue weighted by Gasteiger charge is -2.04. The molecule has 0 radical (unpaired) electrons. The van der Waals surface area contributed by atoms with Crippen molar-refractivity contribution < 1.29 is 9.53 Å². The zero-order chi connectivity index (χ0) is 10.4. The lowest BCUT2D eigenvalue weighted by molar-refractivity contribution is -0.143. The van der Waals surface area contributed by atoms with Crippen LogP contribution in [0.25, 0.3) is 0 Å². The van der Waals surface area contributed by atoms with Crippen LogP contribution in [0.1, 0.15) is 5.69 Å². The highest BCUT2D eigenvalue weighted by molar-refractivity contribution is 5.75. The monoisotopic (exact) mass is 191 g/mol. The highest BCUT2D eigenvalue weighted by Gasteiger charge is 2.19. The summed E-state index contributed by atoms with van der Waals surface area (Å²) in [5.41, 5.74) is 0.650. The molecule has 0 bridgehead atoms. The molecule has 5 nitrogen and oxygen atoms in total. The van der Waals surface area contributed by atoms with E-state index in [-0.39, 0.29) is 6.42 Å². The normalized spacial score (nSPS) is 11.4. The Hall–Kier alpha value is -1.96. The van der Waals surface area contributed by atoms with Gasteiger partial charge in [0.1, 0.15) is 12.2 Å². The van der Waals surface area contributed by atoms with Crippen LogP contribution in [0.5, 0.6) is 0 Å². The van der Waals surface area contributed by atoms with E-state index in [1.54, 1.807) is 12.3 Å². The lowest BCUT2D eigenvalue weighted by Crippen LogP contribution is -2.17. The number of rotatable bonds is 3. The number of carbonyl (C=O) groups is 1. The minimum Gasteiger partial charge on any atom is -0.468 e. The van der Waals surface area contributed by atoms with E-state index in [4.69, 9.17) is 5.26 Å². The molecule has 72 valence electrons. The molecule has 0 aliphatic heterocycles. The maximum absolute atomic E-state index is 11.1. The minimum absolute atomic E-state index is 0.256. The number of nitrogens with zero attached hydrogens (tertiary/aromatic N) is 3. The predicted octanol–water partition coefficient (Wildman–Crippen LogP) is 0.332. The first kappa shape index (κ1) is 10.1. The standard InChI is InChI=1S/C9H9N3O2/c1-14-9(13)7(5-10)4-8-2-3-11-6-12-8/h2-3,6-7H,4H2,1H3. The smallest absolute Gasteiger partial charge is 0.323 e. The summed E-state index contributed by atoms with van der Waals surface area (Å²) in [5.74, 6) is -1.33. The molecule has 1 aromatic rings. The third kappa shape index (κ3) is 2.52. The molecular formula is C9H9N3O2. The minimum atomic E-state index is -0.796. The summed E-state index contributed by atoms with van der Waals surface area (Å²) < 4.78 is 4.47. The number of ether oxygens (including phenoxy) is 1. The van der Waals surface area contributed by atoms with Crippen molar-refractivity contribution in [3.8, 4) is 6.07 Å². The van der Waals surface area contributed by atoms with Crippen LogP contribution >= 0.6 is 0 Å². The van der Waals surface area contributed by atoms with Gasteiger partial charge in [-0.3, -0.25) is 4.79 Å². The van der Waals surface area contributed by atoms with Gasteiger partial charge in [0.05, 0.1) is 13.2 Å². The highest BCUT2D eigenvalue weighted by Crippen LogP contribution is 2.06. The number of nitriles is 1. The molecule has 1 aromatic heterocycles. The largest absolute Gasteiger partial charge is 0.468 e. The van der Waals surface area contributed by atoms with Gasteiger partial charge in [0, 0.05) is 18.3 Å². The molecule has 1 rings (SSSR count). The van der Waals surface area contributed by atoms with Gasteiger partial charge >= 0.3 is 5.97 Å². The van der Waals surface area contributed by atoms with E-state index in [0.29, 0.717) is 5.69 Å². The zero-order valence-electron chi connectivity index (χ0n) is 7.67. The van der Waals surface area contributed by atoms with Gasteiger partial charge in [0.15, 0.2) is 0 Å². The maximum atomic E-state index is 11.1. The molecule has 0 fully saturated rings. The number of hydrogen-bond donors (Lipinski definition) is 0. The predicted molar refractivity (Wildman–Crippen MR) is 46.9 cm³/mol. The Bertz CT molecular complexity index is 345. The van der Waals surface area contributed by atoms with Crippen molar-refractivity contribution >= 4 is 5.97 Å². The fourth-order valence-electron chi connectivity index (χ4n) is 0.972. The Morgan fingerprint density at radius 3 is 3.07 bits per heavy atom. The van der Waals surface area contributed by atoms with Crippen LogP contribution < -0.4 is 0 Å². The number of carbonyl (C=O) groups excluding carboxylic acids is 1. The van der Waals surface area contributed by atoms with E-state index < -0.39 is 11.9 Å². The Morgan fingerprint density at radius 1 is 1.79 bits per heavy atom. The first-order valence-corrected chi connectivity index (χ1v) is 4.00. The molecule has 0 saturated carbocycles. The van der Waals surface area contributed by atoms with Crippen molar-refractivity contribution in [2.75, 3.05) is 7.11 Å². The van der Waals surface area contributed by atoms with E-state index >= 15 is 0 Å². The van der Waals surface area contributed by atoms with Gasteiger partial charge in [0.25, 0.3) is 0 Å². The maximum Gasteiger partial charge on any atom is 0.323 e. The molecule has 0 aromatic carbocycles. The summed E-state index contributed by atoms with van der Waals surface area (Å²) in [5, 5.41) is 8.69. The van der Waals surface area contributed by atoms with E-state index in [0.717, 1.165) is 0 Å². The first-order valence-electron chi connectivity index (χ1n) is 4.00. The molecule has 1 unspecified atom stereocenters. The summed E-state index contributed by atoms with van der Waals surface area (Å²) in [6.07, 6.45) is 3.20. The molecule has 0 aliphatic rings. The summed E-state index contributed by atoms with van der Waals surface area (Å²) >= 11 is 0. The fourth-order valence-corrected chi connectivity index (χ4v) is 0.972. The summed E-state index contributed by atoms with van der Waals surface area (Å²) in [6, 6.07) is 3.53. The molecule has 1 atom stereocenters. The van der Waals surface area contributed by atoms with E-state index in [2.05, 4.69) is 14.7 Å². The molecule has 14 heavy (non-hydrogen) atoms. The van der Waals surface area contributed by atoms with Crippen LogP contribution in [0.4, 0.5) is 0 Å². The van der Waals surface area contributed by atoms with Crippen LogP contribution in [-0.2, 0) is 16.0 Å². The Kier molecular flexibility index (Phi) is 3.56. The second-order valence-corrected chi connectivity index (χ2v) is 2.61. The fraction of sp³-hybridized carbons (Fsp3) is 0.333. The topological polar surface area (TPSA) is 75.9 Å². The molecule has 0 amide bonds. The number of methoxy groups -OCH3 is 1. The van der Waals surface area contributed by atoms with E-state index in [1.165, 1.54) is 13.4 Å². The van der Waals surface area contributed by atoms with Crippen LogP contribution in [0.15, 0.2) is 18.6 Å². The molecule has 0 spiro atoms. The first-order chi connectivity index (χ1) is 6.77. The SMILES string of the molecule is COC(=O)C(C#N)Cc1ccncn1. The van der Waals surface area contributed by atoms with Gasteiger partial charge in [0.2, 0.25) is 0 Å². The van der Waals surface area contributed by atoms with Crippen LogP contribution in [0.3, 0.4) is 0 Å². The van der Waals surface area contributed by atoms with Gasteiger partial charge in [-0.2, -0.15) is 5.26 Å². The van der Waals surface area contributed by atoms with E-state index in [9.17, 15) is 4.79 Å². The Balaban J connectivity index is 2.68. The van der Waals surface area contributed by atoms with Gasteiger partial charge in [-0.05, 0) is 6.07 Å². The number of esters is 1. The van der Waals surface area contributed by atoms with Gasteiger partial charge < -0.3 is 4.74 Å². The van der Waals surface area contributed by atoms with Gasteiger partial charge in [-0.15, -0.1) is 0 Å². The van der Waals surface area contributed by atoms with Gasteiger partial charge in [-0.25, -0.2) is 9.97 Å². The van der Waals surface area contributed by atoms with Crippen molar-refractivity contribution in [3.05, 3.63) is 24.3 Å². The molecular weight excluding hydrogens is 182 g/mol. The third-order valence-electron chi connectivity index (χ3n) is 1.70. The molecule has 5 heteroatoms. The summed E-state index contributed by atoms with van der Waals surface area (Å²) in [4.78, 5) is 18.7. The third-order valence-corrected chi connectivity index (χ3v) is 1.70. The lowest BCUT2D eigenvalue weighted by atomic mass is 10.1. The molecule has 0 saturated heterocycles. The average Bonchev–Trinajstić information content (AvgIpc) is 2.26. The second kappa shape index (κ2) is 4.92. The Morgan fingerprint density at radius 2 is 2.57 bits per heavy atom. The van der Waals surface area contributed by atoms with E-state index in [1.807, 2.05) is 6.07 Å². The molecule has 0 aliphatic carbocycles. The van der Waals surface area contributed by atoms with Crippen molar-refractivity contribution in [3.63, 3.8) is 0 Å². The van der Waals surface area contributed by atoms with Crippen LogP contribution in [-0.4, -0.2) is 23.0 Å². The summed E-state index contributed by atoms with van der Waals surface area (Å²) in [7, 11) is 1.26. The average molecular weight is 191 g/mol. The van der Waals surface area contributed by atoms with Crippen molar-refractivity contribution in [2.45, 2.75) is 6.42 Å². The zero-order valence-corrected chi connectivity index (χ0v) is 7.67. The highest BCUT2D eigenvalue weighted by atomic mass is 16.5. The summed E-state index contributed by atoms with van der Waals surface area (Å²) in [6.45, 7) is 0. The van der Waals surface area contributed by atoms with Gasteiger partial charge in [-0.1, -0.05) is 0 Å². The molecule has 1 heterocycles. The van der Waals surface area contributed by atoms with Crippen molar-refractivity contribution in [1.82, 2.24) is 9.97 Å². The Labute approximate surface area is 81.4 Å². The van der Waals surface area contributed by atoms with Crippen molar-refractivity contribution in [2.24, 2.45) is 5.92 Å². The second-order valence-electron chi connectivity index (χ2n) is 2.61. The van der Waals surface area contributed by atoms with Crippen LogP contribution in [0.2, 0.25) is 0 Å².